The number of benzene rings is 1. The fraction of sp³-hybridized carbons (Fsp3) is 0.647. The Bertz CT molecular complexity index is 382. The standard InChI is InChI=1S/C17H29N3/c1-15-5-7-16(8-6-15)17(18)9-12-19(2)13-14-20-10-3-4-11-20/h5-8,17H,3-4,9-14,18H2,1-2H3. The van der Waals surface area contributed by atoms with Gasteiger partial charge >= 0.3 is 0 Å². The summed E-state index contributed by atoms with van der Waals surface area (Å²) in [5.74, 6) is 0. The zero-order valence-corrected chi connectivity index (χ0v) is 13.0. The SMILES string of the molecule is Cc1ccc(C(N)CCN(C)CCN2CCCC2)cc1. The Labute approximate surface area is 123 Å². The number of nitrogens with zero attached hydrogens (tertiary/aromatic N) is 2. The van der Waals surface area contributed by atoms with E-state index in [0.29, 0.717) is 0 Å². The third-order valence-corrected chi connectivity index (χ3v) is 4.32. The van der Waals surface area contributed by atoms with E-state index < -0.39 is 0 Å². The summed E-state index contributed by atoms with van der Waals surface area (Å²) < 4.78 is 0. The summed E-state index contributed by atoms with van der Waals surface area (Å²) >= 11 is 0. The van der Waals surface area contributed by atoms with Crippen molar-refractivity contribution in [2.45, 2.75) is 32.2 Å². The average Bonchev–Trinajstić information content (AvgIpc) is 2.96. The van der Waals surface area contributed by atoms with Crippen molar-refractivity contribution >= 4 is 0 Å². The summed E-state index contributed by atoms with van der Waals surface area (Å²) in [6.07, 6.45) is 3.78. The molecule has 1 unspecified atom stereocenters. The predicted octanol–water partition coefficient (Wildman–Crippen LogP) is 2.41. The van der Waals surface area contributed by atoms with E-state index in [1.54, 1.807) is 0 Å². The first kappa shape index (κ1) is 15.5. The van der Waals surface area contributed by atoms with Crippen LogP contribution in [0.4, 0.5) is 0 Å². The second kappa shape index (κ2) is 7.77. The minimum atomic E-state index is 0.157. The van der Waals surface area contributed by atoms with Gasteiger partial charge in [-0.05, 0) is 58.4 Å². The van der Waals surface area contributed by atoms with Crippen LogP contribution in [0.15, 0.2) is 24.3 Å². The van der Waals surface area contributed by atoms with Crippen molar-refractivity contribution in [1.82, 2.24) is 9.80 Å². The molecule has 2 rings (SSSR count). The number of hydrogen-bond acceptors (Lipinski definition) is 3. The van der Waals surface area contributed by atoms with Gasteiger partial charge in [-0.15, -0.1) is 0 Å². The first-order valence-corrected chi connectivity index (χ1v) is 7.88. The maximum absolute atomic E-state index is 6.27. The molecule has 0 amide bonds. The van der Waals surface area contributed by atoms with E-state index in [9.17, 15) is 0 Å². The fourth-order valence-electron chi connectivity index (χ4n) is 2.77. The lowest BCUT2D eigenvalue weighted by Gasteiger charge is -2.22. The molecule has 1 aliphatic rings. The molecule has 1 aromatic rings. The molecule has 1 aliphatic heterocycles. The molecule has 20 heavy (non-hydrogen) atoms. The topological polar surface area (TPSA) is 32.5 Å². The van der Waals surface area contributed by atoms with Crippen molar-refractivity contribution < 1.29 is 0 Å². The van der Waals surface area contributed by atoms with Gasteiger partial charge in [-0.1, -0.05) is 29.8 Å². The molecule has 0 bridgehead atoms. The molecule has 1 aromatic carbocycles. The summed E-state index contributed by atoms with van der Waals surface area (Å²) in [7, 11) is 2.21. The molecule has 1 atom stereocenters. The molecule has 2 N–H and O–H groups in total. The summed E-state index contributed by atoms with van der Waals surface area (Å²) in [6.45, 7) is 8.12. The highest BCUT2D eigenvalue weighted by Gasteiger charge is 2.12. The Morgan fingerprint density at radius 1 is 1.15 bits per heavy atom. The van der Waals surface area contributed by atoms with Gasteiger partial charge in [-0.2, -0.15) is 0 Å². The minimum Gasteiger partial charge on any atom is -0.324 e. The van der Waals surface area contributed by atoms with Gasteiger partial charge in [0.1, 0.15) is 0 Å². The van der Waals surface area contributed by atoms with Crippen molar-refractivity contribution in [3.8, 4) is 0 Å². The lowest BCUT2D eigenvalue weighted by atomic mass is 10.0. The quantitative estimate of drug-likeness (QED) is 0.829. The average molecular weight is 275 g/mol. The molecule has 1 saturated heterocycles. The van der Waals surface area contributed by atoms with Crippen LogP contribution in [0.1, 0.15) is 36.4 Å². The van der Waals surface area contributed by atoms with Gasteiger partial charge in [-0.25, -0.2) is 0 Å². The van der Waals surface area contributed by atoms with Gasteiger partial charge in [0.2, 0.25) is 0 Å². The highest BCUT2D eigenvalue weighted by molar-refractivity contribution is 5.23. The minimum absolute atomic E-state index is 0.157. The molecular weight excluding hydrogens is 246 g/mol. The zero-order valence-electron chi connectivity index (χ0n) is 13.0. The third-order valence-electron chi connectivity index (χ3n) is 4.32. The Hall–Kier alpha value is -0.900. The molecule has 0 radical (unpaired) electrons. The summed E-state index contributed by atoms with van der Waals surface area (Å²) in [6, 6.07) is 8.76. The van der Waals surface area contributed by atoms with Gasteiger partial charge in [0, 0.05) is 19.1 Å². The van der Waals surface area contributed by atoms with Crippen LogP contribution in [0.3, 0.4) is 0 Å². The molecule has 1 heterocycles. The molecule has 3 nitrogen and oxygen atoms in total. The van der Waals surface area contributed by atoms with E-state index in [0.717, 1.165) is 19.5 Å². The molecule has 0 spiro atoms. The van der Waals surface area contributed by atoms with E-state index in [4.69, 9.17) is 5.73 Å². The predicted molar refractivity (Wildman–Crippen MR) is 85.9 cm³/mol. The highest BCUT2D eigenvalue weighted by atomic mass is 15.2. The largest absolute Gasteiger partial charge is 0.324 e. The van der Waals surface area contributed by atoms with Gasteiger partial charge in [0.05, 0.1) is 0 Å². The molecule has 112 valence electrons. The van der Waals surface area contributed by atoms with Crippen LogP contribution in [-0.4, -0.2) is 49.6 Å². The second-order valence-corrected chi connectivity index (χ2v) is 6.16. The van der Waals surface area contributed by atoms with E-state index in [-0.39, 0.29) is 6.04 Å². The van der Waals surface area contributed by atoms with Crippen molar-refractivity contribution in [2.24, 2.45) is 5.73 Å². The van der Waals surface area contributed by atoms with Crippen LogP contribution in [0, 0.1) is 6.92 Å². The molecule has 1 fully saturated rings. The van der Waals surface area contributed by atoms with Crippen molar-refractivity contribution in [2.75, 3.05) is 39.8 Å². The monoisotopic (exact) mass is 275 g/mol. The zero-order chi connectivity index (χ0) is 14.4. The molecule has 0 aromatic heterocycles. The smallest absolute Gasteiger partial charge is 0.0307 e. The number of rotatable bonds is 7. The van der Waals surface area contributed by atoms with Gasteiger partial charge < -0.3 is 15.5 Å². The third kappa shape index (κ3) is 4.89. The van der Waals surface area contributed by atoms with Crippen molar-refractivity contribution in [1.29, 1.82) is 0 Å². The molecular formula is C17H29N3. The molecule has 0 aliphatic carbocycles. The second-order valence-electron chi connectivity index (χ2n) is 6.16. The fourth-order valence-corrected chi connectivity index (χ4v) is 2.77. The number of likely N-dealkylation sites (tertiary alicyclic amines) is 1. The number of nitrogens with two attached hydrogens (primary N) is 1. The summed E-state index contributed by atoms with van der Waals surface area (Å²) in [5.41, 5.74) is 8.82. The van der Waals surface area contributed by atoms with Crippen LogP contribution >= 0.6 is 0 Å². The Kier molecular flexibility index (Phi) is 6.02. The Morgan fingerprint density at radius 3 is 2.45 bits per heavy atom. The van der Waals surface area contributed by atoms with Gasteiger partial charge in [-0.3, -0.25) is 0 Å². The first-order chi connectivity index (χ1) is 9.65. The van der Waals surface area contributed by atoms with E-state index in [1.807, 2.05) is 0 Å². The molecule has 3 heteroatoms. The highest BCUT2D eigenvalue weighted by Crippen LogP contribution is 2.15. The number of likely N-dealkylation sites (N-methyl/N-ethyl adjacent to an activating group) is 1. The van der Waals surface area contributed by atoms with Crippen LogP contribution in [0.2, 0.25) is 0 Å². The molecule has 0 saturated carbocycles. The van der Waals surface area contributed by atoms with Gasteiger partial charge in [0.15, 0.2) is 0 Å². The first-order valence-electron chi connectivity index (χ1n) is 7.88. The summed E-state index contributed by atoms with van der Waals surface area (Å²) in [5, 5.41) is 0. The van der Waals surface area contributed by atoms with Crippen LogP contribution in [-0.2, 0) is 0 Å². The van der Waals surface area contributed by atoms with Crippen LogP contribution in [0.5, 0.6) is 0 Å². The maximum atomic E-state index is 6.27. The summed E-state index contributed by atoms with van der Waals surface area (Å²) in [4.78, 5) is 4.97. The van der Waals surface area contributed by atoms with Crippen LogP contribution in [0.25, 0.3) is 0 Å². The Morgan fingerprint density at radius 2 is 1.80 bits per heavy atom. The Balaban J connectivity index is 1.66. The lowest BCUT2D eigenvalue weighted by molar-refractivity contribution is 0.251. The van der Waals surface area contributed by atoms with E-state index >= 15 is 0 Å². The van der Waals surface area contributed by atoms with Gasteiger partial charge in [0.25, 0.3) is 0 Å². The van der Waals surface area contributed by atoms with E-state index in [2.05, 4.69) is 48.0 Å². The van der Waals surface area contributed by atoms with Crippen LogP contribution < -0.4 is 5.73 Å². The number of aryl methyl sites for hydroxylation is 1. The normalized spacial score (nSPS) is 17.8. The lowest BCUT2D eigenvalue weighted by Crippen LogP contribution is -2.33. The number of hydrogen-bond donors (Lipinski definition) is 1. The van der Waals surface area contributed by atoms with Crippen molar-refractivity contribution in [3.05, 3.63) is 35.4 Å². The van der Waals surface area contributed by atoms with Crippen molar-refractivity contribution in [3.63, 3.8) is 0 Å². The van der Waals surface area contributed by atoms with E-state index in [1.165, 1.54) is 43.6 Å². The maximum Gasteiger partial charge on any atom is 0.0307 e.